The van der Waals surface area contributed by atoms with E-state index in [4.69, 9.17) is 26.8 Å². The predicted octanol–water partition coefficient (Wildman–Crippen LogP) is 3.86. The molecule has 1 N–H and O–H groups in total. The molecule has 0 radical (unpaired) electrons. The number of hydrogen-bond acceptors (Lipinski definition) is 8. The van der Waals surface area contributed by atoms with Crippen molar-refractivity contribution in [2.75, 3.05) is 13.7 Å². The summed E-state index contributed by atoms with van der Waals surface area (Å²) in [5, 5.41) is 19.6. The number of non-ortho nitro benzene ring substituents is 1. The Morgan fingerprint density at radius 2 is 1.97 bits per heavy atom. The van der Waals surface area contributed by atoms with E-state index in [1.165, 1.54) is 24.1 Å². The fraction of sp³-hybridized carbons (Fsp3) is 0.190. The molecule has 0 unspecified atom stereocenters. The molecule has 0 atom stereocenters. The summed E-state index contributed by atoms with van der Waals surface area (Å²) in [7, 11) is 1.49. The Morgan fingerprint density at radius 1 is 1.25 bits per heavy atom. The first kappa shape index (κ1) is 23.2. The number of rotatable bonds is 9. The van der Waals surface area contributed by atoms with E-state index >= 15 is 0 Å². The average molecular weight is 475 g/mol. The van der Waals surface area contributed by atoms with Crippen molar-refractivity contribution >= 4 is 51.9 Å². The third-order valence-electron chi connectivity index (χ3n) is 4.45. The number of methoxy groups -OCH3 is 1. The molecule has 3 rings (SSSR count). The molecule has 1 aliphatic heterocycles. The highest BCUT2D eigenvalue weighted by Gasteiger charge is 2.32. The van der Waals surface area contributed by atoms with E-state index in [2.05, 4.69) is 0 Å². The van der Waals surface area contributed by atoms with Crippen LogP contribution in [-0.4, -0.2) is 44.8 Å². The number of amides is 1. The lowest BCUT2D eigenvalue weighted by Gasteiger charge is -2.12. The number of ether oxygens (including phenoxy) is 2. The van der Waals surface area contributed by atoms with Crippen LogP contribution in [0.5, 0.6) is 11.5 Å². The molecule has 2 aromatic carbocycles. The van der Waals surface area contributed by atoms with Crippen LogP contribution in [0.3, 0.4) is 0 Å². The smallest absolute Gasteiger partial charge is 0.305 e. The van der Waals surface area contributed by atoms with Crippen LogP contribution in [0.4, 0.5) is 5.69 Å². The molecule has 166 valence electrons. The van der Waals surface area contributed by atoms with E-state index in [9.17, 15) is 19.7 Å². The number of carboxylic acid groups (broad SMARTS) is 1. The molecule has 1 fully saturated rings. The van der Waals surface area contributed by atoms with Crippen LogP contribution >= 0.6 is 24.0 Å². The van der Waals surface area contributed by atoms with Crippen LogP contribution < -0.4 is 9.47 Å². The molecule has 1 saturated heterocycles. The summed E-state index contributed by atoms with van der Waals surface area (Å²) >= 11 is 6.30. The van der Waals surface area contributed by atoms with Crippen molar-refractivity contribution < 1.29 is 29.1 Å². The van der Waals surface area contributed by atoms with Gasteiger partial charge < -0.3 is 14.6 Å². The summed E-state index contributed by atoms with van der Waals surface area (Å²) < 4.78 is 11.5. The quantitative estimate of drug-likeness (QED) is 0.250. The van der Waals surface area contributed by atoms with E-state index in [1.54, 1.807) is 36.4 Å². The number of nitro benzene ring substituents is 1. The standard InChI is InChI=1S/C21H18N2O7S2/c1-29-17-10-14(11-18-20(26)22(21(31)32-18)9-8-19(24)25)4-7-16(17)30-12-13-2-5-15(6-3-13)23(27)28/h2-7,10-11H,8-9,12H2,1H3,(H,24,25)/b18-11-. The van der Waals surface area contributed by atoms with Crippen molar-refractivity contribution in [1.82, 2.24) is 4.90 Å². The van der Waals surface area contributed by atoms with Crippen LogP contribution in [0, 0.1) is 10.1 Å². The van der Waals surface area contributed by atoms with Crippen molar-refractivity contribution in [3.8, 4) is 11.5 Å². The van der Waals surface area contributed by atoms with Gasteiger partial charge in [0.1, 0.15) is 10.9 Å². The van der Waals surface area contributed by atoms with Crippen LogP contribution in [0.25, 0.3) is 6.08 Å². The number of carbonyl (C=O) groups is 2. The van der Waals surface area contributed by atoms with Crippen LogP contribution in [0.1, 0.15) is 17.5 Å². The monoisotopic (exact) mass is 474 g/mol. The number of carboxylic acids is 1. The van der Waals surface area contributed by atoms with Gasteiger partial charge in [0, 0.05) is 18.7 Å². The van der Waals surface area contributed by atoms with Gasteiger partial charge in [0.15, 0.2) is 11.5 Å². The Bertz CT molecular complexity index is 1100. The van der Waals surface area contributed by atoms with Crippen molar-refractivity contribution in [2.24, 2.45) is 0 Å². The summed E-state index contributed by atoms with van der Waals surface area (Å²) in [4.78, 5) is 35.3. The lowest BCUT2D eigenvalue weighted by molar-refractivity contribution is -0.384. The molecule has 0 saturated carbocycles. The first-order valence-corrected chi connectivity index (χ1v) is 10.5. The Morgan fingerprint density at radius 3 is 2.59 bits per heavy atom. The molecular formula is C21H18N2O7S2. The molecule has 32 heavy (non-hydrogen) atoms. The first-order chi connectivity index (χ1) is 15.3. The van der Waals surface area contributed by atoms with Gasteiger partial charge in [-0.15, -0.1) is 0 Å². The van der Waals surface area contributed by atoms with Gasteiger partial charge in [0.2, 0.25) is 0 Å². The lowest BCUT2D eigenvalue weighted by Crippen LogP contribution is -2.30. The normalized spacial score (nSPS) is 14.7. The minimum absolute atomic E-state index is 0.00376. The SMILES string of the molecule is COc1cc(/C=C2\SC(=S)N(CCC(=O)O)C2=O)ccc1OCc1ccc([N+](=O)[O-])cc1. The number of carbonyl (C=O) groups excluding carboxylic acids is 1. The average Bonchev–Trinajstić information content (AvgIpc) is 3.03. The molecule has 0 aliphatic carbocycles. The molecule has 1 aliphatic rings. The zero-order valence-electron chi connectivity index (χ0n) is 16.8. The van der Waals surface area contributed by atoms with Crippen LogP contribution in [0.15, 0.2) is 47.4 Å². The first-order valence-electron chi connectivity index (χ1n) is 9.30. The van der Waals surface area contributed by atoms with Gasteiger partial charge in [-0.05, 0) is 41.5 Å². The molecule has 2 aromatic rings. The number of nitrogens with zero attached hydrogens (tertiary/aromatic N) is 2. The summed E-state index contributed by atoms with van der Waals surface area (Å²) in [5.41, 5.74) is 1.44. The summed E-state index contributed by atoms with van der Waals surface area (Å²) in [6, 6.07) is 11.2. The van der Waals surface area contributed by atoms with Gasteiger partial charge in [-0.3, -0.25) is 24.6 Å². The fourth-order valence-electron chi connectivity index (χ4n) is 2.82. The largest absolute Gasteiger partial charge is 0.493 e. The van der Waals surface area contributed by atoms with Gasteiger partial charge in [-0.1, -0.05) is 30.0 Å². The third kappa shape index (κ3) is 5.62. The number of thioether (sulfide) groups is 1. The number of nitro groups is 1. The highest BCUT2D eigenvalue weighted by atomic mass is 32.2. The Balaban J connectivity index is 1.71. The third-order valence-corrected chi connectivity index (χ3v) is 5.83. The van der Waals surface area contributed by atoms with Gasteiger partial charge in [0.05, 0.1) is 23.4 Å². The highest BCUT2D eigenvalue weighted by molar-refractivity contribution is 8.26. The Labute approximate surface area is 192 Å². The second-order valence-electron chi connectivity index (χ2n) is 6.60. The predicted molar refractivity (Wildman–Crippen MR) is 123 cm³/mol. The van der Waals surface area contributed by atoms with Crippen molar-refractivity contribution in [2.45, 2.75) is 13.0 Å². The second kappa shape index (κ2) is 10.2. The zero-order chi connectivity index (χ0) is 23.3. The minimum atomic E-state index is -1.00. The lowest BCUT2D eigenvalue weighted by atomic mass is 10.1. The molecule has 1 amide bonds. The van der Waals surface area contributed by atoms with Gasteiger partial charge >= 0.3 is 5.97 Å². The summed E-state index contributed by atoms with van der Waals surface area (Å²) in [6.07, 6.45) is 1.47. The number of aliphatic carboxylic acids is 1. The Kier molecular flexibility index (Phi) is 7.44. The van der Waals surface area contributed by atoms with Crippen molar-refractivity contribution in [3.63, 3.8) is 0 Å². The molecule has 0 aromatic heterocycles. The van der Waals surface area contributed by atoms with Crippen LogP contribution in [0.2, 0.25) is 0 Å². The van der Waals surface area contributed by atoms with E-state index in [0.29, 0.717) is 26.3 Å². The maximum atomic E-state index is 12.5. The number of benzene rings is 2. The molecular weight excluding hydrogens is 456 g/mol. The number of hydrogen-bond donors (Lipinski definition) is 1. The van der Waals surface area contributed by atoms with E-state index in [-0.39, 0.29) is 31.2 Å². The molecule has 9 nitrogen and oxygen atoms in total. The fourth-order valence-corrected chi connectivity index (χ4v) is 4.13. The van der Waals surface area contributed by atoms with Gasteiger partial charge in [0.25, 0.3) is 11.6 Å². The van der Waals surface area contributed by atoms with E-state index in [1.807, 2.05) is 0 Å². The number of thiocarbonyl (C=S) groups is 1. The van der Waals surface area contributed by atoms with Gasteiger partial charge in [-0.25, -0.2) is 0 Å². The van der Waals surface area contributed by atoms with Crippen molar-refractivity contribution in [3.05, 3.63) is 68.6 Å². The maximum Gasteiger partial charge on any atom is 0.305 e. The van der Waals surface area contributed by atoms with Crippen LogP contribution in [-0.2, 0) is 16.2 Å². The minimum Gasteiger partial charge on any atom is -0.493 e. The van der Waals surface area contributed by atoms with E-state index < -0.39 is 10.9 Å². The van der Waals surface area contributed by atoms with Crippen molar-refractivity contribution in [1.29, 1.82) is 0 Å². The topological polar surface area (TPSA) is 119 Å². The van der Waals surface area contributed by atoms with E-state index in [0.717, 1.165) is 17.3 Å². The Hall–Kier alpha value is -3.44. The molecule has 0 spiro atoms. The molecule has 0 bridgehead atoms. The molecule has 11 heteroatoms. The maximum absolute atomic E-state index is 12.5. The van der Waals surface area contributed by atoms with Gasteiger partial charge in [-0.2, -0.15) is 0 Å². The highest BCUT2D eigenvalue weighted by Crippen LogP contribution is 2.35. The molecule has 1 heterocycles. The zero-order valence-corrected chi connectivity index (χ0v) is 18.5. The summed E-state index contributed by atoms with van der Waals surface area (Å²) in [5.74, 6) is -0.421. The summed E-state index contributed by atoms with van der Waals surface area (Å²) in [6.45, 7) is 0.214. The second-order valence-corrected chi connectivity index (χ2v) is 8.28.